The van der Waals surface area contributed by atoms with Gasteiger partial charge in [0.25, 0.3) is 0 Å². The number of rotatable bonds is 5. The molecule has 1 atom stereocenters. The van der Waals surface area contributed by atoms with Crippen LogP contribution in [0.3, 0.4) is 0 Å². The zero-order valence-corrected chi connectivity index (χ0v) is 9.23. The van der Waals surface area contributed by atoms with Gasteiger partial charge in [0.05, 0.1) is 12.0 Å². The third kappa shape index (κ3) is 3.36. The third-order valence-electron chi connectivity index (χ3n) is 2.16. The summed E-state index contributed by atoms with van der Waals surface area (Å²) in [6, 6.07) is -0.0539. The molecule has 0 radical (unpaired) electrons. The van der Waals surface area contributed by atoms with Crippen LogP contribution < -0.4 is 11.1 Å². The number of carbonyl (C=O) groups excluding carboxylic acids is 1. The molecule has 0 fully saturated rings. The predicted molar refractivity (Wildman–Crippen MR) is 58.1 cm³/mol. The molecule has 0 bridgehead atoms. The number of hydrogen-bond donors (Lipinski definition) is 2. The van der Waals surface area contributed by atoms with Crippen molar-refractivity contribution >= 4 is 5.91 Å². The summed E-state index contributed by atoms with van der Waals surface area (Å²) < 4.78 is 1.92. The molecule has 0 saturated carbocycles. The first kappa shape index (κ1) is 11.7. The van der Waals surface area contributed by atoms with E-state index in [2.05, 4.69) is 10.3 Å². The second-order valence-corrected chi connectivity index (χ2v) is 3.50. The summed E-state index contributed by atoms with van der Waals surface area (Å²) >= 11 is 0. The molecule has 3 N–H and O–H groups in total. The van der Waals surface area contributed by atoms with Crippen molar-refractivity contribution in [3.63, 3.8) is 0 Å². The van der Waals surface area contributed by atoms with E-state index >= 15 is 0 Å². The number of carbonyl (C=O) groups is 1. The summed E-state index contributed by atoms with van der Waals surface area (Å²) in [5.74, 6) is 0.0572. The van der Waals surface area contributed by atoms with Crippen LogP contribution in [0.1, 0.15) is 32.0 Å². The summed E-state index contributed by atoms with van der Waals surface area (Å²) in [6.45, 7) is 5.10. The van der Waals surface area contributed by atoms with Gasteiger partial charge in [0, 0.05) is 31.7 Å². The van der Waals surface area contributed by atoms with Crippen molar-refractivity contribution in [3.05, 3.63) is 18.2 Å². The van der Waals surface area contributed by atoms with Crippen LogP contribution in [-0.4, -0.2) is 22.0 Å². The van der Waals surface area contributed by atoms with E-state index < -0.39 is 0 Å². The largest absolute Gasteiger partial charge is 0.356 e. The van der Waals surface area contributed by atoms with Crippen molar-refractivity contribution in [2.24, 2.45) is 5.73 Å². The number of imidazole rings is 1. The molecule has 1 unspecified atom stereocenters. The lowest BCUT2D eigenvalue weighted by atomic mass is 10.2. The number of aryl methyl sites for hydroxylation is 1. The Morgan fingerprint density at radius 2 is 2.47 bits per heavy atom. The summed E-state index contributed by atoms with van der Waals surface area (Å²) in [5.41, 5.74) is 6.72. The fourth-order valence-electron chi connectivity index (χ4n) is 1.40. The van der Waals surface area contributed by atoms with E-state index in [0.717, 1.165) is 5.69 Å². The topological polar surface area (TPSA) is 72.9 Å². The van der Waals surface area contributed by atoms with Gasteiger partial charge < -0.3 is 15.6 Å². The van der Waals surface area contributed by atoms with Crippen molar-refractivity contribution in [2.75, 3.05) is 6.54 Å². The van der Waals surface area contributed by atoms with Crippen LogP contribution in [0.2, 0.25) is 0 Å². The maximum atomic E-state index is 11.2. The highest BCUT2D eigenvalue weighted by Gasteiger charge is 2.07. The average Bonchev–Trinajstić information content (AvgIpc) is 2.63. The minimum absolute atomic E-state index is 0.0539. The first-order valence-corrected chi connectivity index (χ1v) is 5.17. The Morgan fingerprint density at radius 1 is 1.73 bits per heavy atom. The summed E-state index contributed by atoms with van der Waals surface area (Å²) in [4.78, 5) is 15.3. The van der Waals surface area contributed by atoms with Gasteiger partial charge in [0.1, 0.15) is 0 Å². The fraction of sp³-hybridized carbons (Fsp3) is 0.600. The van der Waals surface area contributed by atoms with Crippen LogP contribution in [0.5, 0.6) is 0 Å². The third-order valence-corrected chi connectivity index (χ3v) is 2.16. The fourth-order valence-corrected chi connectivity index (χ4v) is 1.40. The summed E-state index contributed by atoms with van der Waals surface area (Å²) in [7, 11) is 0. The van der Waals surface area contributed by atoms with Crippen molar-refractivity contribution in [1.82, 2.24) is 14.9 Å². The molecule has 0 aromatic carbocycles. The molecule has 5 nitrogen and oxygen atoms in total. The number of nitrogens with two attached hydrogens (primary N) is 1. The summed E-state index contributed by atoms with van der Waals surface area (Å²) in [5, 5.41) is 2.75. The highest BCUT2D eigenvalue weighted by molar-refractivity contribution is 5.75. The molecule has 1 rings (SSSR count). The van der Waals surface area contributed by atoms with Gasteiger partial charge in [0.2, 0.25) is 5.91 Å². The highest BCUT2D eigenvalue weighted by Crippen LogP contribution is 2.08. The van der Waals surface area contributed by atoms with E-state index in [1.54, 1.807) is 12.5 Å². The van der Waals surface area contributed by atoms with Crippen molar-refractivity contribution in [3.8, 4) is 0 Å². The molecule has 0 aliphatic heterocycles. The Balaban J connectivity index is 2.50. The standard InChI is InChI=1S/C10H18N4O/c1-3-13-10(15)4-5-14-7-12-6-9(14)8(2)11/h6-8H,3-5,11H2,1-2H3,(H,13,15). The monoisotopic (exact) mass is 210 g/mol. The van der Waals surface area contributed by atoms with Crippen LogP contribution in [0, 0.1) is 0 Å². The lowest BCUT2D eigenvalue weighted by Crippen LogP contribution is -2.24. The van der Waals surface area contributed by atoms with E-state index in [-0.39, 0.29) is 11.9 Å². The number of nitrogens with one attached hydrogen (secondary N) is 1. The Bertz CT molecular complexity index is 319. The highest BCUT2D eigenvalue weighted by atomic mass is 16.1. The molecule has 84 valence electrons. The van der Waals surface area contributed by atoms with Crippen molar-refractivity contribution in [2.45, 2.75) is 32.9 Å². The van der Waals surface area contributed by atoms with Crippen LogP contribution in [-0.2, 0) is 11.3 Å². The minimum Gasteiger partial charge on any atom is -0.356 e. The maximum Gasteiger partial charge on any atom is 0.221 e. The zero-order valence-electron chi connectivity index (χ0n) is 9.23. The van der Waals surface area contributed by atoms with Crippen LogP contribution in [0.25, 0.3) is 0 Å². The van der Waals surface area contributed by atoms with Crippen LogP contribution in [0.4, 0.5) is 0 Å². The molecule has 0 aliphatic carbocycles. The van der Waals surface area contributed by atoms with Crippen LogP contribution >= 0.6 is 0 Å². The van der Waals surface area contributed by atoms with Gasteiger partial charge in [-0.1, -0.05) is 0 Å². The molecule has 0 spiro atoms. The Morgan fingerprint density at radius 3 is 3.07 bits per heavy atom. The van der Waals surface area contributed by atoms with Gasteiger partial charge >= 0.3 is 0 Å². The Labute approximate surface area is 89.7 Å². The van der Waals surface area contributed by atoms with E-state index in [0.29, 0.717) is 19.5 Å². The number of aromatic nitrogens is 2. The number of hydrogen-bond acceptors (Lipinski definition) is 3. The van der Waals surface area contributed by atoms with Gasteiger partial charge in [-0.2, -0.15) is 0 Å². The Hall–Kier alpha value is -1.36. The van der Waals surface area contributed by atoms with Crippen molar-refractivity contribution < 1.29 is 4.79 Å². The van der Waals surface area contributed by atoms with Gasteiger partial charge in [-0.25, -0.2) is 4.98 Å². The van der Waals surface area contributed by atoms with E-state index in [9.17, 15) is 4.79 Å². The second-order valence-electron chi connectivity index (χ2n) is 3.50. The smallest absolute Gasteiger partial charge is 0.221 e. The number of amides is 1. The molecule has 5 heteroatoms. The number of nitrogens with zero attached hydrogens (tertiary/aromatic N) is 2. The first-order chi connectivity index (χ1) is 7.15. The minimum atomic E-state index is -0.0539. The zero-order chi connectivity index (χ0) is 11.3. The molecule has 15 heavy (non-hydrogen) atoms. The van der Waals surface area contributed by atoms with Gasteiger partial charge in [-0.15, -0.1) is 0 Å². The first-order valence-electron chi connectivity index (χ1n) is 5.17. The molecular formula is C10H18N4O. The summed E-state index contributed by atoms with van der Waals surface area (Å²) in [6.07, 6.45) is 3.91. The molecular weight excluding hydrogens is 192 g/mol. The SMILES string of the molecule is CCNC(=O)CCn1cncc1C(C)N. The molecule has 0 saturated heterocycles. The average molecular weight is 210 g/mol. The second kappa shape index (κ2) is 5.50. The van der Waals surface area contributed by atoms with Gasteiger partial charge in [-0.05, 0) is 13.8 Å². The quantitative estimate of drug-likeness (QED) is 0.740. The Kier molecular flexibility index (Phi) is 4.30. The van der Waals surface area contributed by atoms with Gasteiger partial charge in [0.15, 0.2) is 0 Å². The van der Waals surface area contributed by atoms with E-state index in [1.165, 1.54) is 0 Å². The van der Waals surface area contributed by atoms with E-state index in [1.807, 2.05) is 18.4 Å². The van der Waals surface area contributed by atoms with Gasteiger partial charge in [-0.3, -0.25) is 4.79 Å². The molecule has 0 aliphatic rings. The van der Waals surface area contributed by atoms with E-state index in [4.69, 9.17) is 5.73 Å². The van der Waals surface area contributed by atoms with Crippen molar-refractivity contribution in [1.29, 1.82) is 0 Å². The lowest BCUT2D eigenvalue weighted by molar-refractivity contribution is -0.121. The molecule has 1 aromatic heterocycles. The predicted octanol–water partition coefficient (Wildman–Crippen LogP) is 0.429. The van der Waals surface area contributed by atoms with Crippen LogP contribution in [0.15, 0.2) is 12.5 Å². The maximum absolute atomic E-state index is 11.2. The lowest BCUT2D eigenvalue weighted by Gasteiger charge is -2.10. The molecule has 1 amide bonds. The molecule has 1 aromatic rings. The molecule has 1 heterocycles. The normalized spacial score (nSPS) is 12.5.